The van der Waals surface area contributed by atoms with Gasteiger partial charge in [-0.2, -0.15) is 0 Å². The summed E-state index contributed by atoms with van der Waals surface area (Å²) >= 11 is 1.55. The van der Waals surface area contributed by atoms with Crippen molar-refractivity contribution in [3.05, 3.63) is 0 Å². The Bertz CT molecular complexity index is 235. The number of carbonyl (C=O) groups excluding carboxylic acids is 1. The summed E-state index contributed by atoms with van der Waals surface area (Å²) in [5.41, 5.74) is 0. The van der Waals surface area contributed by atoms with Crippen LogP contribution in [0.15, 0.2) is 0 Å². The van der Waals surface area contributed by atoms with Crippen molar-refractivity contribution >= 4 is 23.6 Å². The molecule has 0 spiro atoms. The third-order valence-corrected chi connectivity index (χ3v) is 2.18. The van der Waals surface area contributed by atoms with Crippen molar-refractivity contribution in [2.24, 2.45) is 0 Å². The Hall–Kier alpha value is -1.15. The minimum Gasteiger partial charge on any atom is -0.481 e. The summed E-state index contributed by atoms with van der Waals surface area (Å²) in [4.78, 5) is 21.1. The van der Waals surface area contributed by atoms with Crippen LogP contribution in [0.1, 0.15) is 12.8 Å². The molecule has 1 amide bonds. The fourth-order valence-electron chi connectivity index (χ4n) is 0.703. The fraction of sp³-hybridized carbons (Fsp3) is 0.556. The van der Waals surface area contributed by atoms with Crippen molar-refractivity contribution in [1.82, 2.24) is 5.32 Å². The highest BCUT2D eigenvalue weighted by molar-refractivity contribution is 7.99. The summed E-state index contributed by atoms with van der Waals surface area (Å²) in [5, 5.41) is 10.9. The van der Waals surface area contributed by atoms with Crippen molar-refractivity contribution in [3.8, 4) is 12.3 Å². The first-order valence-corrected chi connectivity index (χ1v) is 5.32. The molecule has 0 unspecified atom stereocenters. The molecule has 0 aromatic carbocycles. The minimum atomic E-state index is -0.957. The molecular formula is C9H13NO3S. The van der Waals surface area contributed by atoms with Gasteiger partial charge in [0.05, 0.1) is 12.2 Å². The highest BCUT2D eigenvalue weighted by Gasteiger charge is 2.03. The maximum atomic E-state index is 11.0. The van der Waals surface area contributed by atoms with E-state index in [9.17, 15) is 9.59 Å². The van der Waals surface area contributed by atoms with Crippen LogP contribution in [0.5, 0.6) is 0 Å². The highest BCUT2D eigenvalue weighted by Crippen LogP contribution is 1.95. The number of nitrogens with one attached hydrogen (secondary N) is 1. The number of rotatable bonds is 7. The molecule has 5 heteroatoms. The molecule has 0 aliphatic rings. The first-order chi connectivity index (χ1) is 6.66. The average molecular weight is 215 g/mol. The molecule has 0 rings (SSSR count). The molecule has 0 fully saturated rings. The molecule has 4 nitrogen and oxygen atoms in total. The summed E-state index contributed by atoms with van der Waals surface area (Å²) < 4.78 is 0. The van der Waals surface area contributed by atoms with Crippen LogP contribution in [0.3, 0.4) is 0 Å². The van der Waals surface area contributed by atoms with Crippen LogP contribution in [0.25, 0.3) is 0 Å². The van der Waals surface area contributed by atoms with E-state index in [1.807, 2.05) is 0 Å². The van der Waals surface area contributed by atoms with Crippen molar-refractivity contribution in [1.29, 1.82) is 0 Å². The molecule has 0 aliphatic carbocycles. The molecule has 0 heterocycles. The van der Waals surface area contributed by atoms with E-state index in [1.54, 1.807) is 11.8 Å². The molecule has 0 atom stereocenters. The molecule has 0 bridgehead atoms. The maximum absolute atomic E-state index is 11.0. The number of amides is 1. The van der Waals surface area contributed by atoms with Crippen LogP contribution >= 0.6 is 11.8 Å². The largest absolute Gasteiger partial charge is 0.481 e. The van der Waals surface area contributed by atoms with Gasteiger partial charge >= 0.3 is 5.97 Å². The number of carboxylic acids is 1. The molecule has 78 valence electrons. The van der Waals surface area contributed by atoms with E-state index in [2.05, 4.69) is 11.2 Å². The molecule has 0 aromatic rings. The standard InChI is InChI=1S/C9H13NO3S/c1-2-6-14-7-5-10-8(11)3-4-9(12)13/h1H,3-7H2,(H,10,11)(H,12,13). The molecule has 0 saturated heterocycles. The summed E-state index contributed by atoms with van der Waals surface area (Å²) in [7, 11) is 0. The lowest BCUT2D eigenvalue weighted by Gasteiger charge is -2.02. The molecule has 0 radical (unpaired) electrons. The molecule has 0 aliphatic heterocycles. The van der Waals surface area contributed by atoms with Gasteiger partial charge in [-0.15, -0.1) is 18.2 Å². The van der Waals surface area contributed by atoms with E-state index < -0.39 is 5.97 Å². The van der Waals surface area contributed by atoms with Gasteiger partial charge in [-0.25, -0.2) is 0 Å². The summed E-state index contributed by atoms with van der Waals surface area (Å²) in [6, 6.07) is 0. The SMILES string of the molecule is C#CCSCCNC(=O)CCC(=O)O. The first kappa shape index (κ1) is 12.8. The topological polar surface area (TPSA) is 66.4 Å². The highest BCUT2D eigenvalue weighted by atomic mass is 32.2. The Morgan fingerprint density at radius 1 is 1.43 bits per heavy atom. The number of terminal acetylenes is 1. The van der Waals surface area contributed by atoms with Gasteiger partial charge < -0.3 is 10.4 Å². The monoisotopic (exact) mass is 215 g/mol. The zero-order valence-electron chi connectivity index (χ0n) is 7.78. The van der Waals surface area contributed by atoms with Gasteiger partial charge in [0.1, 0.15) is 0 Å². The molecule has 0 saturated carbocycles. The van der Waals surface area contributed by atoms with E-state index in [1.165, 1.54) is 0 Å². The van der Waals surface area contributed by atoms with Crippen LogP contribution in [-0.2, 0) is 9.59 Å². The van der Waals surface area contributed by atoms with E-state index in [4.69, 9.17) is 11.5 Å². The average Bonchev–Trinajstić information content (AvgIpc) is 2.14. The lowest BCUT2D eigenvalue weighted by Crippen LogP contribution is -2.26. The Balaban J connectivity index is 3.28. The van der Waals surface area contributed by atoms with Crippen molar-refractivity contribution in [3.63, 3.8) is 0 Å². The van der Waals surface area contributed by atoms with Crippen molar-refractivity contribution in [2.75, 3.05) is 18.1 Å². The molecule has 2 N–H and O–H groups in total. The van der Waals surface area contributed by atoms with Gasteiger partial charge in [0.15, 0.2) is 0 Å². The fourth-order valence-corrected chi connectivity index (χ4v) is 1.21. The molecular weight excluding hydrogens is 202 g/mol. The normalized spacial score (nSPS) is 9.07. The van der Waals surface area contributed by atoms with E-state index >= 15 is 0 Å². The van der Waals surface area contributed by atoms with Crippen LogP contribution in [0.4, 0.5) is 0 Å². The number of carbonyl (C=O) groups is 2. The zero-order valence-corrected chi connectivity index (χ0v) is 8.60. The first-order valence-electron chi connectivity index (χ1n) is 4.16. The molecule has 0 aromatic heterocycles. The summed E-state index contributed by atoms with van der Waals surface area (Å²) in [6.07, 6.45) is 4.94. The number of carboxylic acid groups (broad SMARTS) is 1. The van der Waals surface area contributed by atoms with Crippen molar-refractivity contribution in [2.45, 2.75) is 12.8 Å². The second kappa shape index (κ2) is 8.45. The Morgan fingerprint density at radius 2 is 2.14 bits per heavy atom. The van der Waals surface area contributed by atoms with Gasteiger partial charge in [0.2, 0.25) is 5.91 Å². The third-order valence-electron chi connectivity index (χ3n) is 1.32. The van der Waals surface area contributed by atoms with Gasteiger partial charge in [0.25, 0.3) is 0 Å². The second-order valence-corrected chi connectivity index (χ2v) is 3.61. The summed E-state index contributed by atoms with van der Waals surface area (Å²) in [5.74, 6) is 2.67. The Kier molecular flexibility index (Phi) is 7.75. The number of hydrogen-bond acceptors (Lipinski definition) is 3. The predicted octanol–water partition coefficient (Wildman–Crippen LogP) is 0.334. The van der Waals surface area contributed by atoms with Gasteiger partial charge in [-0.1, -0.05) is 5.92 Å². The zero-order chi connectivity index (χ0) is 10.8. The van der Waals surface area contributed by atoms with Crippen LogP contribution in [-0.4, -0.2) is 35.0 Å². The van der Waals surface area contributed by atoms with Gasteiger partial charge in [-0.05, 0) is 0 Å². The maximum Gasteiger partial charge on any atom is 0.303 e. The number of hydrogen-bond donors (Lipinski definition) is 2. The quantitative estimate of drug-likeness (QED) is 0.474. The van der Waals surface area contributed by atoms with Crippen LogP contribution in [0.2, 0.25) is 0 Å². The Labute approximate surface area is 87.4 Å². The van der Waals surface area contributed by atoms with Crippen LogP contribution in [0, 0.1) is 12.3 Å². The van der Waals surface area contributed by atoms with Crippen LogP contribution < -0.4 is 5.32 Å². The summed E-state index contributed by atoms with van der Waals surface area (Å²) in [6.45, 7) is 0.533. The second-order valence-electron chi connectivity index (χ2n) is 2.50. The molecule has 14 heavy (non-hydrogen) atoms. The predicted molar refractivity (Wildman–Crippen MR) is 56.0 cm³/mol. The van der Waals surface area contributed by atoms with E-state index in [-0.39, 0.29) is 18.7 Å². The third kappa shape index (κ3) is 8.94. The minimum absolute atomic E-state index is 0.0368. The van der Waals surface area contributed by atoms with Gasteiger partial charge in [-0.3, -0.25) is 9.59 Å². The van der Waals surface area contributed by atoms with Crippen molar-refractivity contribution < 1.29 is 14.7 Å². The number of aliphatic carboxylic acids is 1. The Morgan fingerprint density at radius 3 is 2.71 bits per heavy atom. The van der Waals surface area contributed by atoms with E-state index in [0.29, 0.717) is 12.3 Å². The smallest absolute Gasteiger partial charge is 0.303 e. The lowest BCUT2D eigenvalue weighted by atomic mass is 10.3. The number of thioether (sulfide) groups is 1. The lowest BCUT2D eigenvalue weighted by molar-refractivity contribution is -0.138. The van der Waals surface area contributed by atoms with Gasteiger partial charge in [0, 0.05) is 18.7 Å². The van der Waals surface area contributed by atoms with E-state index in [0.717, 1.165) is 5.75 Å².